The van der Waals surface area contributed by atoms with Crippen molar-refractivity contribution in [3.63, 3.8) is 0 Å². The molecule has 0 aliphatic carbocycles. The van der Waals surface area contributed by atoms with Crippen molar-refractivity contribution in [3.8, 4) is 39.5 Å². The van der Waals surface area contributed by atoms with Gasteiger partial charge in [-0.15, -0.1) is 0 Å². The second kappa shape index (κ2) is 15.9. The molecular formula is C35H35FO8. The van der Waals surface area contributed by atoms with Gasteiger partial charge in [0.15, 0.2) is 11.6 Å². The third-order valence-corrected chi connectivity index (χ3v) is 5.98. The first-order chi connectivity index (χ1) is 20.9. The summed E-state index contributed by atoms with van der Waals surface area (Å²) in [6.07, 6.45) is 0.381. The van der Waals surface area contributed by atoms with Crippen LogP contribution in [0.1, 0.15) is 27.2 Å². The van der Waals surface area contributed by atoms with E-state index in [1.165, 1.54) is 12.1 Å². The van der Waals surface area contributed by atoms with Gasteiger partial charge in [-0.25, -0.2) is 18.8 Å². The smallest absolute Gasteiger partial charge is 0.338 e. The van der Waals surface area contributed by atoms with E-state index in [-0.39, 0.29) is 43.5 Å². The Kier molecular flexibility index (Phi) is 12.0. The number of ether oxygens (including phenoxy) is 5. The first-order valence-electron chi connectivity index (χ1n) is 13.8. The van der Waals surface area contributed by atoms with Crippen LogP contribution in [0.15, 0.2) is 97.1 Å². The Morgan fingerprint density at radius 3 is 1.75 bits per heavy atom. The van der Waals surface area contributed by atoms with Gasteiger partial charge in [-0.05, 0) is 85.5 Å². The molecule has 0 heterocycles. The monoisotopic (exact) mass is 602 g/mol. The molecule has 0 fully saturated rings. The number of hydrogen-bond donors (Lipinski definition) is 0. The predicted molar refractivity (Wildman–Crippen MR) is 165 cm³/mol. The minimum Gasteiger partial charge on any atom is -0.490 e. The summed E-state index contributed by atoms with van der Waals surface area (Å²) in [6.45, 7) is 15.9. The number of halogens is 1. The molecule has 230 valence electrons. The summed E-state index contributed by atoms with van der Waals surface area (Å²) < 4.78 is 41.7. The van der Waals surface area contributed by atoms with Crippen LogP contribution < -0.4 is 14.2 Å². The van der Waals surface area contributed by atoms with Gasteiger partial charge in [0.25, 0.3) is 0 Å². The highest BCUT2D eigenvalue weighted by Crippen LogP contribution is 2.34. The van der Waals surface area contributed by atoms with Crippen LogP contribution in [0.5, 0.6) is 17.2 Å². The third-order valence-electron chi connectivity index (χ3n) is 5.98. The number of benzene rings is 3. The minimum atomic E-state index is -0.590. The topological polar surface area (TPSA) is 97.4 Å². The van der Waals surface area contributed by atoms with E-state index in [4.69, 9.17) is 23.7 Å². The van der Waals surface area contributed by atoms with Crippen LogP contribution in [-0.2, 0) is 23.9 Å². The van der Waals surface area contributed by atoms with Crippen molar-refractivity contribution in [2.24, 2.45) is 0 Å². The van der Waals surface area contributed by atoms with Crippen LogP contribution >= 0.6 is 0 Å². The van der Waals surface area contributed by atoms with Crippen molar-refractivity contribution in [1.82, 2.24) is 0 Å². The van der Waals surface area contributed by atoms with Crippen molar-refractivity contribution in [2.75, 3.05) is 26.4 Å². The Morgan fingerprint density at radius 1 is 0.591 bits per heavy atom. The Balaban J connectivity index is 1.76. The molecule has 0 aliphatic heterocycles. The Hall–Kier alpha value is -5.18. The summed E-state index contributed by atoms with van der Waals surface area (Å²) in [6, 6.07) is 16.9. The molecule has 0 radical (unpaired) electrons. The van der Waals surface area contributed by atoms with Crippen molar-refractivity contribution in [3.05, 3.63) is 103 Å². The minimum absolute atomic E-state index is 0.0510. The maximum atomic E-state index is 15.0. The molecule has 3 rings (SSSR count). The molecular weight excluding hydrogens is 567 g/mol. The van der Waals surface area contributed by atoms with Crippen LogP contribution in [0.3, 0.4) is 0 Å². The van der Waals surface area contributed by atoms with Gasteiger partial charge in [0.2, 0.25) is 0 Å². The molecule has 3 aromatic carbocycles. The largest absolute Gasteiger partial charge is 0.490 e. The fourth-order valence-electron chi connectivity index (χ4n) is 3.67. The first kappa shape index (κ1) is 33.3. The van der Waals surface area contributed by atoms with Crippen LogP contribution in [0.4, 0.5) is 4.39 Å². The molecule has 0 atom stereocenters. The quantitative estimate of drug-likeness (QED) is 0.0792. The van der Waals surface area contributed by atoms with E-state index in [1.54, 1.807) is 51.1 Å². The lowest BCUT2D eigenvalue weighted by Gasteiger charge is -2.13. The van der Waals surface area contributed by atoms with Gasteiger partial charge in [-0.3, -0.25) is 0 Å². The van der Waals surface area contributed by atoms with E-state index in [1.807, 2.05) is 18.2 Å². The highest BCUT2D eigenvalue weighted by Gasteiger charge is 2.13. The van der Waals surface area contributed by atoms with Crippen LogP contribution in [0.25, 0.3) is 22.3 Å². The second-order valence-corrected chi connectivity index (χ2v) is 9.97. The zero-order valence-corrected chi connectivity index (χ0v) is 25.1. The number of carbonyl (C=O) groups is 3. The van der Waals surface area contributed by atoms with Gasteiger partial charge in [-0.2, -0.15) is 0 Å². The fraction of sp³-hybridized carbons (Fsp3) is 0.229. The highest BCUT2D eigenvalue weighted by atomic mass is 19.1. The second-order valence-electron chi connectivity index (χ2n) is 9.97. The normalized spacial score (nSPS) is 10.4. The van der Waals surface area contributed by atoms with Crippen molar-refractivity contribution in [1.29, 1.82) is 0 Å². The third kappa shape index (κ3) is 9.97. The van der Waals surface area contributed by atoms with E-state index in [0.29, 0.717) is 40.0 Å². The molecule has 0 aromatic heterocycles. The van der Waals surface area contributed by atoms with E-state index < -0.39 is 23.7 Å². The van der Waals surface area contributed by atoms with Crippen molar-refractivity contribution in [2.45, 2.75) is 27.2 Å². The lowest BCUT2D eigenvalue weighted by atomic mass is 9.98. The molecule has 0 spiro atoms. The van der Waals surface area contributed by atoms with E-state index >= 15 is 4.39 Å². The Morgan fingerprint density at radius 2 is 1.16 bits per heavy atom. The molecule has 0 N–H and O–H groups in total. The number of rotatable bonds is 15. The van der Waals surface area contributed by atoms with Gasteiger partial charge >= 0.3 is 17.9 Å². The molecule has 3 aromatic rings. The molecule has 0 saturated heterocycles. The van der Waals surface area contributed by atoms with Gasteiger partial charge in [0.05, 0.1) is 13.2 Å². The molecule has 9 heteroatoms. The summed E-state index contributed by atoms with van der Waals surface area (Å²) in [4.78, 5) is 35.2. The Bertz CT molecular complexity index is 1560. The summed E-state index contributed by atoms with van der Waals surface area (Å²) in [5, 5.41) is 0. The zero-order valence-electron chi connectivity index (χ0n) is 25.1. The lowest BCUT2D eigenvalue weighted by Crippen LogP contribution is -2.12. The summed E-state index contributed by atoms with van der Waals surface area (Å²) in [5.41, 5.74) is 3.47. The highest BCUT2D eigenvalue weighted by molar-refractivity contribution is 5.89. The fourth-order valence-corrected chi connectivity index (χ4v) is 3.67. The molecule has 0 aliphatic rings. The average molecular weight is 603 g/mol. The number of esters is 3. The SMILES string of the molecule is C=C(C)C(=O)OCCCOc1ccc(-c2cc(OC(=O)C(=C)C)cc(-c3ccc(OCCOC(=O)C(=C)C)cc3)c2)cc1F. The van der Waals surface area contributed by atoms with Crippen LogP contribution in [0.2, 0.25) is 0 Å². The van der Waals surface area contributed by atoms with E-state index in [0.717, 1.165) is 5.56 Å². The molecule has 8 nitrogen and oxygen atoms in total. The van der Waals surface area contributed by atoms with Crippen LogP contribution in [-0.4, -0.2) is 44.3 Å². The molecule has 0 saturated carbocycles. The van der Waals surface area contributed by atoms with Gasteiger partial charge in [-0.1, -0.05) is 37.9 Å². The number of carbonyl (C=O) groups excluding carboxylic acids is 3. The van der Waals surface area contributed by atoms with Gasteiger partial charge in [0, 0.05) is 23.1 Å². The first-order valence-corrected chi connectivity index (χ1v) is 13.8. The maximum Gasteiger partial charge on any atom is 0.338 e. The van der Waals surface area contributed by atoms with Crippen LogP contribution in [0, 0.1) is 5.82 Å². The van der Waals surface area contributed by atoms with Gasteiger partial charge < -0.3 is 23.7 Å². The molecule has 44 heavy (non-hydrogen) atoms. The zero-order chi connectivity index (χ0) is 32.2. The lowest BCUT2D eigenvalue weighted by molar-refractivity contribution is -0.140. The molecule has 0 unspecified atom stereocenters. The van der Waals surface area contributed by atoms with Crippen molar-refractivity contribution >= 4 is 17.9 Å². The molecule has 0 bridgehead atoms. The Labute approximate surface area is 256 Å². The molecule has 0 amide bonds. The van der Waals surface area contributed by atoms with E-state index in [9.17, 15) is 14.4 Å². The maximum absolute atomic E-state index is 15.0. The summed E-state index contributed by atoms with van der Waals surface area (Å²) in [5.74, 6) is -1.26. The average Bonchev–Trinajstić information content (AvgIpc) is 2.99. The van der Waals surface area contributed by atoms with E-state index in [2.05, 4.69) is 19.7 Å². The standard InChI is InChI=1S/C35H35FO8/c1-22(2)33(37)42-15-7-14-41-32-13-10-26(21-31(32)36)28-18-27(19-30(20-28)44-35(39)24(5)6)25-8-11-29(12-9-25)40-16-17-43-34(38)23(3)4/h8-13,18-21H,1,3,5,7,14-17H2,2,4,6H3. The number of hydrogen-bond acceptors (Lipinski definition) is 8. The van der Waals surface area contributed by atoms with Crippen molar-refractivity contribution < 1.29 is 42.5 Å². The van der Waals surface area contributed by atoms with Gasteiger partial charge in [0.1, 0.15) is 24.7 Å². The summed E-state index contributed by atoms with van der Waals surface area (Å²) >= 11 is 0. The summed E-state index contributed by atoms with van der Waals surface area (Å²) in [7, 11) is 0. The predicted octanol–water partition coefficient (Wildman–Crippen LogP) is 7.03.